The van der Waals surface area contributed by atoms with Crippen LogP contribution in [0.2, 0.25) is 0 Å². The normalized spacial score (nSPS) is 10.7. The van der Waals surface area contributed by atoms with E-state index >= 15 is 0 Å². The zero-order valence-corrected chi connectivity index (χ0v) is 14.0. The van der Waals surface area contributed by atoms with Gasteiger partial charge in [0.2, 0.25) is 0 Å². The Hall–Kier alpha value is -1.75. The summed E-state index contributed by atoms with van der Waals surface area (Å²) in [6, 6.07) is 11.4. The van der Waals surface area contributed by atoms with Crippen LogP contribution in [0.25, 0.3) is 0 Å². The van der Waals surface area contributed by atoms with Gasteiger partial charge in [-0.25, -0.2) is 4.79 Å². The molecule has 4 nitrogen and oxygen atoms in total. The second kappa shape index (κ2) is 6.80. The number of furan rings is 1. The maximum atomic E-state index is 12.1. The quantitative estimate of drug-likeness (QED) is 0.858. The number of halogens is 1. The number of carbonyl (C=O) groups is 1. The lowest BCUT2D eigenvalue weighted by atomic mass is 10.0. The summed E-state index contributed by atoms with van der Waals surface area (Å²) in [4.78, 5) is 13.7. The third-order valence-electron chi connectivity index (χ3n) is 3.20. The maximum absolute atomic E-state index is 12.1. The molecule has 1 aromatic heterocycles. The minimum Gasteiger partial charge on any atom is -0.452 e. The van der Waals surface area contributed by atoms with Crippen molar-refractivity contribution in [1.82, 2.24) is 4.90 Å². The van der Waals surface area contributed by atoms with Gasteiger partial charge in [-0.15, -0.1) is 0 Å². The molecule has 0 aliphatic heterocycles. The number of amides is 2. The number of anilines is 1. The SMILES string of the molecule is CC(C)c1ccc(NC(=O)N(C)Cc2ccc(Br)o2)cc1. The van der Waals surface area contributed by atoms with E-state index in [1.54, 1.807) is 11.9 Å². The summed E-state index contributed by atoms with van der Waals surface area (Å²) in [5.74, 6) is 1.21. The van der Waals surface area contributed by atoms with Gasteiger partial charge in [-0.1, -0.05) is 26.0 Å². The average Bonchev–Trinajstić information content (AvgIpc) is 2.84. The van der Waals surface area contributed by atoms with E-state index in [0.717, 1.165) is 11.4 Å². The van der Waals surface area contributed by atoms with E-state index < -0.39 is 0 Å². The molecule has 0 aliphatic rings. The van der Waals surface area contributed by atoms with E-state index in [1.807, 2.05) is 36.4 Å². The smallest absolute Gasteiger partial charge is 0.321 e. The number of benzene rings is 1. The Kier molecular flexibility index (Phi) is 5.07. The van der Waals surface area contributed by atoms with Gasteiger partial charge in [0, 0.05) is 12.7 Å². The molecule has 2 amide bonds. The summed E-state index contributed by atoms with van der Waals surface area (Å²) in [6.45, 7) is 4.70. The number of carbonyl (C=O) groups excluding carboxylic acids is 1. The van der Waals surface area contributed by atoms with Crippen molar-refractivity contribution in [3.63, 3.8) is 0 Å². The van der Waals surface area contributed by atoms with Crippen LogP contribution in [0.5, 0.6) is 0 Å². The Bertz CT molecular complexity index is 605. The van der Waals surface area contributed by atoms with E-state index in [-0.39, 0.29) is 6.03 Å². The molecule has 1 heterocycles. The fraction of sp³-hybridized carbons (Fsp3) is 0.312. The van der Waals surface area contributed by atoms with Crippen molar-refractivity contribution in [2.24, 2.45) is 0 Å². The Morgan fingerprint density at radius 1 is 1.24 bits per heavy atom. The summed E-state index contributed by atoms with van der Waals surface area (Å²) in [5.41, 5.74) is 2.04. The Balaban J connectivity index is 1.93. The zero-order chi connectivity index (χ0) is 15.4. The highest BCUT2D eigenvalue weighted by molar-refractivity contribution is 9.10. The monoisotopic (exact) mass is 350 g/mol. The first kappa shape index (κ1) is 15.6. The Morgan fingerprint density at radius 2 is 1.90 bits per heavy atom. The van der Waals surface area contributed by atoms with Crippen LogP contribution in [0.1, 0.15) is 31.1 Å². The largest absolute Gasteiger partial charge is 0.452 e. The summed E-state index contributed by atoms with van der Waals surface area (Å²) in [6.07, 6.45) is 0. The fourth-order valence-corrected chi connectivity index (χ4v) is 2.25. The van der Waals surface area contributed by atoms with E-state index in [4.69, 9.17) is 4.42 Å². The lowest BCUT2D eigenvalue weighted by Gasteiger charge is -2.17. The van der Waals surface area contributed by atoms with Crippen LogP contribution in [0.3, 0.4) is 0 Å². The van der Waals surface area contributed by atoms with Crippen LogP contribution >= 0.6 is 15.9 Å². The molecule has 1 aromatic carbocycles. The van der Waals surface area contributed by atoms with Gasteiger partial charge in [0.05, 0.1) is 6.54 Å². The van der Waals surface area contributed by atoms with Crippen molar-refractivity contribution in [2.45, 2.75) is 26.3 Å². The van der Waals surface area contributed by atoms with Gasteiger partial charge < -0.3 is 14.6 Å². The first-order valence-corrected chi connectivity index (χ1v) is 7.61. The van der Waals surface area contributed by atoms with Gasteiger partial charge in [0.1, 0.15) is 5.76 Å². The molecule has 0 radical (unpaired) electrons. The van der Waals surface area contributed by atoms with E-state index in [0.29, 0.717) is 17.1 Å². The number of hydrogen-bond donors (Lipinski definition) is 1. The van der Waals surface area contributed by atoms with Gasteiger partial charge in [-0.3, -0.25) is 0 Å². The molecule has 0 atom stereocenters. The van der Waals surface area contributed by atoms with Crippen LogP contribution < -0.4 is 5.32 Å². The Morgan fingerprint density at radius 3 is 2.43 bits per heavy atom. The van der Waals surface area contributed by atoms with Crippen molar-refractivity contribution in [1.29, 1.82) is 0 Å². The molecule has 0 bridgehead atoms. The molecule has 0 aliphatic carbocycles. The molecule has 0 saturated carbocycles. The van der Waals surface area contributed by atoms with Crippen molar-refractivity contribution in [2.75, 3.05) is 12.4 Å². The number of nitrogens with zero attached hydrogens (tertiary/aromatic N) is 1. The standard InChI is InChI=1S/C16H19BrN2O2/c1-11(2)12-4-6-13(7-5-12)18-16(20)19(3)10-14-8-9-15(17)21-14/h4-9,11H,10H2,1-3H3,(H,18,20). The predicted molar refractivity (Wildman–Crippen MR) is 87.4 cm³/mol. The molecule has 0 spiro atoms. The highest BCUT2D eigenvalue weighted by atomic mass is 79.9. The number of hydrogen-bond acceptors (Lipinski definition) is 2. The number of nitrogens with one attached hydrogen (secondary N) is 1. The second-order valence-electron chi connectivity index (χ2n) is 5.27. The third-order valence-corrected chi connectivity index (χ3v) is 3.62. The number of rotatable bonds is 4. The number of urea groups is 1. The molecule has 0 saturated heterocycles. The molecule has 1 N–H and O–H groups in total. The molecule has 0 unspecified atom stereocenters. The maximum Gasteiger partial charge on any atom is 0.321 e. The molecule has 0 fully saturated rings. The highest BCUT2D eigenvalue weighted by Crippen LogP contribution is 2.18. The average molecular weight is 351 g/mol. The van der Waals surface area contributed by atoms with E-state index in [1.165, 1.54) is 5.56 Å². The predicted octanol–water partition coefficient (Wildman–Crippen LogP) is 4.83. The molecule has 2 rings (SSSR count). The van der Waals surface area contributed by atoms with Crippen LogP contribution in [-0.2, 0) is 6.54 Å². The summed E-state index contributed by atoms with van der Waals surface area (Å²) in [5, 5.41) is 2.87. The van der Waals surface area contributed by atoms with Gasteiger partial charge in [0.15, 0.2) is 4.67 Å². The highest BCUT2D eigenvalue weighted by Gasteiger charge is 2.11. The van der Waals surface area contributed by atoms with Crippen LogP contribution in [-0.4, -0.2) is 18.0 Å². The first-order chi connectivity index (χ1) is 9.95. The molecule has 5 heteroatoms. The topological polar surface area (TPSA) is 45.5 Å². The van der Waals surface area contributed by atoms with Crippen molar-refractivity contribution in [3.05, 3.63) is 52.4 Å². The van der Waals surface area contributed by atoms with Crippen molar-refractivity contribution in [3.8, 4) is 0 Å². The zero-order valence-electron chi connectivity index (χ0n) is 12.4. The van der Waals surface area contributed by atoms with Gasteiger partial charge in [-0.05, 0) is 51.7 Å². The van der Waals surface area contributed by atoms with Gasteiger partial charge >= 0.3 is 6.03 Å². The fourth-order valence-electron chi connectivity index (χ4n) is 1.91. The lowest BCUT2D eigenvalue weighted by Crippen LogP contribution is -2.30. The molecule has 2 aromatic rings. The Labute approximate surface area is 133 Å². The lowest BCUT2D eigenvalue weighted by molar-refractivity contribution is 0.216. The van der Waals surface area contributed by atoms with E-state index in [9.17, 15) is 4.79 Å². The molecular weight excluding hydrogens is 332 g/mol. The van der Waals surface area contributed by atoms with Crippen LogP contribution in [0.15, 0.2) is 45.5 Å². The van der Waals surface area contributed by atoms with Gasteiger partial charge in [-0.2, -0.15) is 0 Å². The van der Waals surface area contributed by atoms with Crippen molar-refractivity contribution >= 4 is 27.6 Å². The van der Waals surface area contributed by atoms with Crippen molar-refractivity contribution < 1.29 is 9.21 Å². The summed E-state index contributed by atoms with van der Waals surface area (Å²) >= 11 is 3.25. The minimum absolute atomic E-state index is 0.167. The van der Waals surface area contributed by atoms with E-state index in [2.05, 4.69) is 35.1 Å². The summed E-state index contributed by atoms with van der Waals surface area (Å²) < 4.78 is 6.05. The first-order valence-electron chi connectivity index (χ1n) is 6.82. The van der Waals surface area contributed by atoms with Crippen LogP contribution in [0, 0.1) is 0 Å². The molecular formula is C16H19BrN2O2. The third kappa shape index (κ3) is 4.36. The molecule has 112 valence electrons. The second-order valence-corrected chi connectivity index (χ2v) is 6.05. The van der Waals surface area contributed by atoms with Gasteiger partial charge in [0.25, 0.3) is 0 Å². The van der Waals surface area contributed by atoms with Crippen LogP contribution in [0.4, 0.5) is 10.5 Å². The molecule has 21 heavy (non-hydrogen) atoms. The minimum atomic E-state index is -0.167. The summed E-state index contributed by atoms with van der Waals surface area (Å²) in [7, 11) is 1.73.